The highest BCUT2D eigenvalue weighted by Crippen LogP contribution is 2.27. The zero-order valence-corrected chi connectivity index (χ0v) is 9.89. The summed E-state index contributed by atoms with van der Waals surface area (Å²) in [6.07, 6.45) is 1.99. The second-order valence-corrected chi connectivity index (χ2v) is 4.48. The molecule has 0 radical (unpaired) electrons. The molecular weight excluding hydrogens is 206 g/mol. The van der Waals surface area contributed by atoms with Gasteiger partial charge in [-0.1, -0.05) is 0 Å². The van der Waals surface area contributed by atoms with E-state index in [4.69, 9.17) is 4.74 Å². The van der Waals surface area contributed by atoms with Gasteiger partial charge in [-0.3, -0.25) is 0 Å². The van der Waals surface area contributed by atoms with Crippen LogP contribution in [0.4, 0.5) is 0 Å². The van der Waals surface area contributed by atoms with E-state index < -0.39 is 0 Å². The molecule has 5 heteroatoms. The van der Waals surface area contributed by atoms with Crippen LogP contribution < -0.4 is 0 Å². The summed E-state index contributed by atoms with van der Waals surface area (Å²) in [6, 6.07) is 0.287. The molecule has 1 fully saturated rings. The molecule has 0 aliphatic carbocycles. The van der Waals surface area contributed by atoms with Crippen molar-refractivity contribution in [2.75, 3.05) is 13.2 Å². The Kier molecular flexibility index (Phi) is 3.56. The van der Waals surface area contributed by atoms with E-state index in [1.807, 2.05) is 0 Å². The van der Waals surface area contributed by atoms with E-state index >= 15 is 0 Å². The molecule has 0 aromatic carbocycles. The molecule has 2 heterocycles. The van der Waals surface area contributed by atoms with Crippen molar-refractivity contribution in [3.63, 3.8) is 0 Å². The summed E-state index contributed by atoms with van der Waals surface area (Å²) in [5.74, 6) is 2.09. The number of hydrogen-bond acceptors (Lipinski definition) is 4. The topological polar surface area (TPSA) is 60.2 Å². The second-order valence-electron chi connectivity index (χ2n) is 4.48. The Balaban J connectivity index is 2.28. The van der Waals surface area contributed by atoms with Crippen molar-refractivity contribution in [3.8, 4) is 0 Å². The monoisotopic (exact) mass is 225 g/mol. The maximum Gasteiger partial charge on any atom is 0.159 e. The molecule has 1 saturated heterocycles. The first-order valence-corrected chi connectivity index (χ1v) is 5.86. The zero-order chi connectivity index (χ0) is 11.5. The summed E-state index contributed by atoms with van der Waals surface area (Å²) < 4.78 is 7.40. The fourth-order valence-corrected chi connectivity index (χ4v) is 2.24. The lowest BCUT2D eigenvalue weighted by molar-refractivity contribution is 0.0824. The first kappa shape index (κ1) is 11.5. The summed E-state index contributed by atoms with van der Waals surface area (Å²) in [5, 5.41) is 17.5. The number of nitrogens with zero attached hydrogens (tertiary/aromatic N) is 3. The highest BCUT2D eigenvalue weighted by molar-refractivity contribution is 5.04. The Morgan fingerprint density at radius 1 is 1.38 bits per heavy atom. The first-order valence-electron chi connectivity index (χ1n) is 5.86. The van der Waals surface area contributed by atoms with Crippen molar-refractivity contribution in [3.05, 3.63) is 11.6 Å². The van der Waals surface area contributed by atoms with Crippen LogP contribution in [0.15, 0.2) is 0 Å². The van der Waals surface area contributed by atoms with Crippen LogP contribution in [0.25, 0.3) is 0 Å². The lowest BCUT2D eigenvalue weighted by Gasteiger charge is -2.23. The fraction of sp³-hybridized carbons (Fsp3) is 0.818. The van der Waals surface area contributed by atoms with E-state index in [2.05, 4.69) is 28.6 Å². The van der Waals surface area contributed by atoms with Crippen LogP contribution in [0, 0.1) is 0 Å². The van der Waals surface area contributed by atoms with Gasteiger partial charge in [0.2, 0.25) is 0 Å². The highest BCUT2D eigenvalue weighted by Gasteiger charge is 2.24. The van der Waals surface area contributed by atoms with Gasteiger partial charge >= 0.3 is 0 Å². The van der Waals surface area contributed by atoms with Gasteiger partial charge in [0.25, 0.3) is 0 Å². The minimum atomic E-state index is -0.0472. The first-order chi connectivity index (χ1) is 7.74. The van der Waals surface area contributed by atoms with Crippen LogP contribution in [0.1, 0.15) is 50.3 Å². The summed E-state index contributed by atoms with van der Waals surface area (Å²) >= 11 is 0. The molecule has 90 valence electrons. The van der Waals surface area contributed by atoms with Crippen LogP contribution in [0.3, 0.4) is 0 Å². The van der Waals surface area contributed by atoms with Crippen molar-refractivity contribution in [1.29, 1.82) is 0 Å². The van der Waals surface area contributed by atoms with Crippen LogP contribution in [-0.2, 0) is 11.3 Å². The third-order valence-electron chi connectivity index (χ3n) is 3.04. The van der Waals surface area contributed by atoms with Gasteiger partial charge in [-0.25, -0.2) is 0 Å². The molecule has 1 N–H and O–H groups in total. The van der Waals surface area contributed by atoms with Crippen molar-refractivity contribution < 1.29 is 9.84 Å². The van der Waals surface area contributed by atoms with E-state index in [0.717, 1.165) is 31.9 Å². The maximum absolute atomic E-state index is 9.23. The Bertz CT molecular complexity index is 343. The number of aliphatic hydroxyl groups is 1. The van der Waals surface area contributed by atoms with E-state index in [0.29, 0.717) is 11.7 Å². The minimum Gasteiger partial charge on any atom is -0.388 e. The molecule has 1 aliphatic rings. The van der Waals surface area contributed by atoms with Gasteiger partial charge in [0, 0.05) is 25.2 Å². The Hall–Kier alpha value is -0.940. The number of hydrogen-bond donors (Lipinski definition) is 1. The van der Waals surface area contributed by atoms with Gasteiger partial charge < -0.3 is 14.4 Å². The van der Waals surface area contributed by atoms with Gasteiger partial charge in [0.15, 0.2) is 5.82 Å². The largest absolute Gasteiger partial charge is 0.388 e. The van der Waals surface area contributed by atoms with Crippen LogP contribution in [-0.4, -0.2) is 33.1 Å². The SMILES string of the molecule is CC(C)n1c(CO)nnc1C1CCOCC1. The second kappa shape index (κ2) is 4.93. The normalized spacial score (nSPS) is 18.2. The molecule has 0 saturated carbocycles. The molecule has 0 spiro atoms. The molecular formula is C11H19N3O2. The molecule has 0 amide bonds. The quantitative estimate of drug-likeness (QED) is 0.841. The molecule has 16 heavy (non-hydrogen) atoms. The van der Waals surface area contributed by atoms with Crippen molar-refractivity contribution in [2.24, 2.45) is 0 Å². The molecule has 5 nitrogen and oxygen atoms in total. The highest BCUT2D eigenvalue weighted by atomic mass is 16.5. The average molecular weight is 225 g/mol. The summed E-state index contributed by atoms with van der Waals surface area (Å²) in [4.78, 5) is 0. The third-order valence-corrected chi connectivity index (χ3v) is 3.04. The van der Waals surface area contributed by atoms with Crippen LogP contribution in [0.5, 0.6) is 0 Å². The third kappa shape index (κ3) is 2.10. The van der Waals surface area contributed by atoms with Gasteiger partial charge in [-0.2, -0.15) is 0 Å². The Morgan fingerprint density at radius 3 is 2.62 bits per heavy atom. The molecule has 1 aliphatic heterocycles. The standard InChI is InChI=1S/C11H19N3O2/c1-8(2)14-10(7-15)12-13-11(14)9-3-5-16-6-4-9/h8-9,15H,3-7H2,1-2H3. The molecule has 0 atom stereocenters. The van der Waals surface area contributed by atoms with Gasteiger partial charge in [0.05, 0.1) is 0 Å². The molecule has 1 aromatic rings. The van der Waals surface area contributed by atoms with E-state index in [1.165, 1.54) is 0 Å². The summed E-state index contributed by atoms with van der Waals surface area (Å²) in [6.45, 7) is 5.72. The van der Waals surface area contributed by atoms with Crippen molar-refractivity contribution in [2.45, 2.75) is 45.3 Å². The van der Waals surface area contributed by atoms with Crippen molar-refractivity contribution >= 4 is 0 Å². The zero-order valence-electron chi connectivity index (χ0n) is 9.89. The maximum atomic E-state index is 9.23. The minimum absolute atomic E-state index is 0.0472. The number of ether oxygens (including phenoxy) is 1. The lowest BCUT2D eigenvalue weighted by atomic mass is 9.99. The summed E-state index contributed by atoms with van der Waals surface area (Å²) in [7, 11) is 0. The van der Waals surface area contributed by atoms with Gasteiger partial charge in [-0.05, 0) is 26.7 Å². The molecule has 2 rings (SSSR count). The molecule has 0 bridgehead atoms. The fourth-order valence-electron chi connectivity index (χ4n) is 2.24. The number of aromatic nitrogens is 3. The van der Waals surface area contributed by atoms with E-state index in [9.17, 15) is 5.11 Å². The predicted octanol–water partition coefficient (Wildman–Crippen LogP) is 1.25. The van der Waals surface area contributed by atoms with Gasteiger partial charge in [-0.15, -0.1) is 10.2 Å². The number of rotatable bonds is 3. The average Bonchev–Trinajstić information content (AvgIpc) is 2.73. The molecule has 0 unspecified atom stereocenters. The predicted molar refractivity (Wildman–Crippen MR) is 59.1 cm³/mol. The Morgan fingerprint density at radius 2 is 2.06 bits per heavy atom. The van der Waals surface area contributed by atoms with Crippen LogP contribution >= 0.6 is 0 Å². The Labute approximate surface area is 95.4 Å². The van der Waals surface area contributed by atoms with Crippen LogP contribution in [0.2, 0.25) is 0 Å². The van der Waals surface area contributed by atoms with Crippen molar-refractivity contribution in [1.82, 2.24) is 14.8 Å². The van der Waals surface area contributed by atoms with E-state index in [-0.39, 0.29) is 12.6 Å². The molecule has 1 aromatic heterocycles. The lowest BCUT2D eigenvalue weighted by Crippen LogP contribution is -2.19. The van der Waals surface area contributed by atoms with Gasteiger partial charge in [0.1, 0.15) is 12.4 Å². The number of aliphatic hydroxyl groups excluding tert-OH is 1. The smallest absolute Gasteiger partial charge is 0.159 e. The van der Waals surface area contributed by atoms with E-state index in [1.54, 1.807) is 0 Å². The summed E-state index contributed by atoms with van der Waals surface area (Å²) in [5.41, 5.74) is 0.